The summed E-state index contributed by atoms with van der Waals surface area (Å²) in [5.41, 5.74) is 3.25. The van der Waals surface area contributed by atoms with E-state index in [4.69, 9.17) is 0 Å². The first-order chi connectivity index (χ1) is 15.2. The summed E-state index contributed by atoms with van der Waals surface area (Å²) in [6, 6.07) is 12.6. The molecular weight excluding hydrogens is 446 g/mol. The number of amides is 1. The molecule has 0 spiro atoms. The van der Waals surface area contributed by atoms with Crippen molar-refractivity contribution in [2.75, 3.05) is 24.3 Å². The Morgan fingerprint density at radius 2 is 1.94 bits per heavy atom. The van der Waals surface area contributed by atoms with Crippen molar-refractivity contribution in [3.63, 3.8) is 0 Å². The summed E-state index contributed by atoms with van der Waals surface area (Å²) in [5, 5.41) is 0.937. The molecule has 7 nitrogen and oxygen atoms in total. The Morgan fingerprint density at radius 3 is 2.62 bits per heavy atom. The van der Waals surface area contributed by atoms with E-state index >= 15 is 0 Å². The Kier molecular flexibility index (Phi) is 6.13. The second kappa shape index (κ2) is 8.71. The summed E-state index contributed by atoms with van der Waals surface area (Å²) >= 11 is 1.19. The Hall–Kier alpha value is -2.65. The topological polar surface area (TPSA) is 89.3 Å². The highest BCUT2D eigenvalue weighted by Crippen LogP contribution is 2.24. The van der Waals surface area contributed by atoms with Gasteiger partial charge in [0.25, 0.3) is 5.56 Å². The zero-order chi connectivity index (χ0) is 23.0. The van der Waals surface area contributed by atoms with Gasteiger partial charge in [-0.2, -0.15) is 0 Å². The van der Waals surface area contributed by atoms with E-state index in [0.717, 1.165) is 11.1 Å². The molecule has 1 aliphatic rings. The minimum absolute atomic E-state index is 0.00147. The third kappa shape index (κ3) is 4.45. The lowest BCUT2D eigenvalue weighted by molar-refractivity contribution is -0.128. The molecule has 0 saturated carbocycles. The van der Waals surface area contributed by atoms with Gasteiger partial charge in [-0.3, -0.25) is 14.2 Å². The Balaban J connectivity index is 1.67. The predicted molar refractivity (Wildman–Crippen MR) is 127 cm³/mol. The standard InChI is InChI=1S/C23H25N3O4S2/c1-15-8-9-17(12-16(15)2)26-22(28)19-6-4-5-7-20(19)24-23(26)31-13-21(27)25(3)18-10-11-32(29,30)14-18/h4-9,12,18H,10-11,13-14H2,1-3H3. The van der Waals surface area contributed by atoms with E-state index in [2.05, 4.69) is 4.98 Å². The van der Waals surface area contributed by atoms with Crippen LogP contribution in [0.25, 0.3) is 16.6 Å². The summed E-state index contributed by atoms with van der Waals surface area (Å²) in [6.07, 6.45) is 0.455. The van der Waals surface area contributed by atoms with Gasteiger partial charge in [-0.1, -0.05) is 30.0 Å². The largest absolute Gasteiger partial charge is 0.341 e. The summed E-state index contributed by atoms with van der Waals surface area (Å²) in [5.74, 6) is -0.0170. The second-order valence-corrected chi connectivity index (χ2v) is 11.3. The van der Waals surface area contributed by atoms with E-state index in [0.29, 0.717) is 28.2 Å². The van der Waals surface area contributed by atoms with Crippen LogP contribution >= 0.6 is 11.8 Å². The number of carbonyl (C=O) groups excluding carboxylic acids is 1. The van der Waals surface area contributed by atoms with Crippen molar-refractivity contribution >= 4 is 38.4 Å². The maximum absolute atomic E-state index is 13.4. The van der Waals surface area contributed by atoms with E-state index in [-0.39, 0.29) is 34.8 Å². The third-order valence-electron chi connectivity index (χ3n) is 5.97. The van der Waals surface area contributed by atoms with Gasteiger partial charge in [0.2, 0.25) is 5.91 Å². The number of aromatic nitrogens is 2. The second-order valence-electron chi connectivity index (χ2n) is 8.17. The van der Waals surface area contributed by atoms with Gasteiger partial charge in [0, 0.05) is 13.1 Å². The molecule has 0 aliphatic carbocycles. The molecule has 1 amide bonds. The van der Waals surface area contributed by atoms with E-state index in [1.807, 2.05) is 38.1 Å². The average molecular weight is 472 g/mol. The minimum Gasteiger partial charge on any atom is -0.341 e. The summed E-state index contributed by atoms with van der Waals surface area (Å²) < 4.78 is 25.1. The highest BCUT2D eigenvalue weighted by atomic mass is 32.2. The molecule has 1 atom stereocenters. The van der Waals surface area contributed by atoms with Gasteiger partial charge in [-0.25, -0.2) is 13.4 Å². The SMILES string of the molecule is Cc1ccc(-n2c(SCC(=O)N(C)C3CCS(=O)(=O)C3)nc3ccccc3c2=O)cc1C. The maximum atomic E-state index is 13.4. The van der Waals surface area contributed by atoms with Crippen LogP contribution in [0, 0.1) is 13.8 Å². The lowest BCUT2D eigenvalue weighted by Gasteiger charge is -2.23. The fraction of sp³-hybridized carbons (Fsp3) is 0.348. The lowest BCUT2D eigenvalue weighted by Crippen LogP contribution is -2.39. The van der Waals surface area contributed by atoms with Crippen molar-refractivity contribution in [3.8, 4) is 5.69 Å². The molecule has 2 heterocycles. The van der Waals surface area contributed by atoms with Crippen molar-refractivity contribution < 1.29 is 13.2 Å². The summed E-state index contributed by atoms with van der Waals surface area (Å²) in [4.78, 5) is 32.3. The van der Waals surface area contributed by atoms with Gasteiger partial charge in [0.1, 0.15) is 0 Å². The van der Waals surface area contributed by atoms with Crippen LogP contribution in [0.15, 0.2) is 52.4 Å². The molecule has 0 radical (unpaired) electrons. The Morgan fingerprint density at radius 1 is 1.19 bits per heavy atom. The van der Waals surface area contributed by atoms with Crippen molar-refractivity contribution in [1.82, 2.24) is 14.5 Å². The molecule has 1 saturated heterocycles. The van der Waals surface area contributed by atoms with E-state index in [1.54, 1.807) is 29.8 Å². The number of sulfone groups is 1. The van der Waals surface area contributed by atoms with Gasteiger partial charge in [-0.15, -0.1) is 0 Å². The molecule has 3 aromatic rings. The fourth-order valence-corrected chi connectivity index (χ4v) is 6.53. The molecule has 1 aliphatic heterocycles. The van der Waals surface area contributed by atoms with Crippen LogP contribution in [-0.4, -0.2) is 59.1 Å². The molecule has 32 heavy (non-hydrogen) atoms. The van der Waals surface area contributed by atoms with E-state index < -0.39 is 9.84 Å². The third-order valence-corrected chi connectivity index (χ3v) is 8.64. The molecule has 0 N–H and O–H groups in total. The van der Waals surface area contributed by atoms with Crippen LogP contribution in [0.2, 0.25) is 0 Å². The van der Waals surface area contributed by atoms with Crippen LogP contribution in [0.3, 0.4) is 0 Å². The first-order valence-corrected chi connectivity index (χ1v) is 13.2. The van der Waals surface area contributed by atoms with E-state index in [9.17, 15) is 18.0 Å². The van der Waals surface area contributed by atoms with Crippen molar-refractivity contribution in [3.05, 3.63) is 63.9 Å². The summed E-state index contributed by atoms with van der Waals surface area (Å²) in [7, 11) is -1.44. The number of rotatable bonds is 5. The lowest BCUT2D eigenvalue weighted by atomic mass is 10.1. The zero-order valence-corrected chi connectivity index (χ0v) is 19.9. The van der Waals surface area contributed by atoms with Gasteiger partial charge >= 0.3 is 0 Å². The molecular formula is C23H25N3O4S2. The number of carbonyl (C=O) groups is 1. The predicted octanol–water partition coefficient (Wildman–Crippen LogP) is 2.74. The van der Waals surface area contributed by atoms with Crippen LogP contribution in [0.5, 0.6) is 0 Å². The van der Waals surface area contributed by atoms with Crippen LogP contribution in [0.1, 0.15) is 17.5 Å². The van der Waals surface area contributed by atoms with Crippen molar-refractivity contribution in [1.29, 1.82) is 0 Å². The quantitative estimate of drug-likeness (QED) is 0.420. The monoisotopic (exact) mass is 471 g/mol. The number of benzene rings is 2. The van der Waals surface area contributed by atoms with Crippen molar-refractivity contribution in [2.24, 2.45) is 0 Å². The molecule has 9 heteroatoms. The van der Waals surface area contributed by atoms with Gasteiger partial charge < -0.3 is 4.90 Å². The highest BCUT2D eigenvalue weighted by molar-refractivity contribution is 7.99. The molecule has 168 valence electrons. The zero-order valence-electron chi connectivity index (χ0n) is 18.2. The first kappa shape index (κ1) is 22.5. The molecule has 1 unspecified atom stereocenters. The smallest absolute Gasteiger partial charge is 0.266 e. The number of hydrogen-bond acceptors (Lipinski definition) is 6. The van der Waals surface area contributed by atoms with Crippen molar-refractivity contribution in [2.45, 2.75) is 31.5 Å². The summed E-state index contributed by atoms with van der Waals surface area (Å²) in [6.45, 7) is 3.99. The first-order valence-electron chi connectivity index (χ1n) is 10.3. The minimum atomic E-state index is -3.08. The van der Waals surface area contributed by atoms with Gasteiger partial charge in [0.15, 0.2) is 15.0 Å². The molecule has 2 aromatic carbocycles. The maximum Gasteiger partial charge on any atom is 0.266 e. The normalized spacial score (nSPS) is 17.5. The fourth-order valence-electron chi connectivity index (χ4n) is 3.81. The molecule has 4 rings (SSSR count). The molecule has 1 aromatic heterocycles. The number of fused-ring (bicyclic) bond motifs is 1. The average Bonchev–Trinajstić information content (AvgIpc) is 3.13. The van der Waals surface area contributed by atoms with Crippen LogP contribution in [-0.2, 0) is 14.6 Å². The van der Waals surface area contributed by atoms with Crippen LogP contribution in [0.4, 0.5) is 0 Å². The van der Waals surface area contributed by atoms with Crippen LogP contribution < -0.4 is 5.56 Å². The number of thioether (sulfide) groups is 1. The highest BCUT2D eigenvalue weighted by Gasteiger charge is 2.32. The van der Waals surface area contributed by atoms with E-state index in [1.165, 1.54) is 16.7 Å². The Bertz CT molecular complexity index is 1370. The number of nitrogens with zero attached hydrogens (tertiary/aromatic N) is 3. The van der Waals surface area contributed by atoms with Gasteiger partial charge in [-0.05, 0) is 55.7 Å². The number of para-hydroxylation sites is 1. The Labute approximate surface area is 191 Å². The van der Waals surface area contributed by atoms with Gasteiger partial charge in [0.05, 0.1) is 33.8 Å². The number of aryl methyl sites for hydroxylation is 2. The molecule has 1 fully saturated rings. The number of hydrogen-bond donors (Lipinski definition) is 0. The molecule has 0 bridgehead atoms.